The first-order valence-corrected chi connectivity index (χ1v) is 6.98. The van der Waals surface area contributed by atoms with E-state index in [0.717, 1.165) is 0 Å². The zero-order valence-corrected chi connectivity index (χ0v) is 12.1. The van der Waals surface area contributed by atoms with Crippen LogP contribution in [0.1, 0.15) is 0 Å². The standard InChI is InChI=1S/C16H9F2N5O/c17-10-4-3-5-11(8-10)23-9-14(20-22-23)15-19-16(24-21-15)12-6-1-2-7-13(12)18/h1-9H. The van der Waals surface area contributed by atoms with Gasteiger partial charge in [0.15, 0.2) is 5.69 Å². The lowest BCUT2D eigenvalue weighted by Gasteiger charge is -1.98. The minimum absolute atomic E-state index is 0.0448. The Morgan fingerprint density at radius 3 is 2.71 bits per heavy atom. The van der Waals surface area contributed by atoms with Crippen LogP contribution in [0, 0.1) is 11.6 Å². The molecule has 0 saturated heterocycles. The van der Waals surface area contributed by atoms with Crippen molar-refractivity contribution < 1.29 is 13.3 Å². The molecule has 2 aromatic heterocycles. The molecule has 0 fully saturated rings. The third-order valence-corrected chi connectivity index (χ3v) is 3.33. The molecule has 0 aliphatic rings. The van der Waals surface area contributed by atoms with Crippen molar-refractivity contribution in [3.8, 4) is 28.7 Å². The van der Waals surface area contributed by atoms with Crippen LogP contribution in [0.5, 0.6) is 0 Å². The first-order chi connectivity index (χ1) is 11.7. The molecule has 0 saturated carbocycles. The van der Waals surface area contributed by atoms with E-state index in [4.69, 9.17) is 4.52 Å². The van der Waals surface area contributed by atoms with Gasteiger partial charge in [-0.05, 0) is 30.3 Å². The summed E-state index contributed by atoms with van der Waals surface area (Å²) in [6.07, 6.45) is 1.53. The van der Waals surface area contributed by atoms with Crippen LogP contribution in [-0.2, 0) is 0 Å². The van der Waals surface area contributed by atoms with Crippen LogP contribution in [0.25, 0.3) is 28.7 Å². The Morgan fingerprint density at radius 1 is 1.00 bits per heavy atom. The van der Waals surface area contributed by atoms with Crippen LogP contribution in [0.15, 0.2) is 59.3 Å². The molecule has 0 radical (unpaired) electrons. The highest BCUT2D eigenvalue weighted by Gasteiger charge is 2.16. The van der Waals surface area contributed by atoms with Crippen molar-refractivity contribution in [1.29, 1.82) is 0 Å². The van der Waals surface area contributed by atoms with Gasteiger partial charge in [-0.15, -0.1) is 5.10 Å². The molecule has 2 heterocycles. The van der Waals surface area contributed by atoms with E-state index in [1.54, 1.807) is 24.3 Å². The Hall–Kier alpha value is -3.42. The molecule has 4 aromatic rings. The molecule has 0 aliphatic carbocycles. The van der Waals surface area contributed by atoms with Crippen LogP contribution >= 0.6 is 0 Å². The fraction of sp³-hybridized carbons (Fsp3) is 0. The van der Waals surface area contributed by atoms with Crippen molar-refractivity contribution >= 4 is 0 Å². The van der Waals surface area contributed by atoms with Crippen LogP contribution in [0.4, 0.5) is 8.78 Å². The fourth-order valence-corrected chi connectivity index (χ4v) is 2.18. The Balaban J connectivity index is 1.68. The highest BCUT2D eigenvalue weighted by molar-refractivity contribution is 5.57. The zero-order valence-electron chi connectivity index (χ0n) is 12.1. The van der Waals surface area contributed by atoms with Gasteiger partial charge in [0.1, 0.15) is 11.6 Å². The van der Waals surface area contributed by atoms with Crippen molar-refractivity contribution in [2.24, 2.45) is 0 Å². The molecule has 0 unspecified atom stereocenters. The van der Waals surface area contributed by atoms with E-state index < -0.39 is 5.82 Å². The summed E-state index contributed by atoms with van der Waals surface area (Å²) in [7, 11) is 0. The minimum atomic E-state index is -0.462. The smallest absolute Gasteiger partial charge is 0.261 e. The summed E-state index contributed by atoms with van der Waals surface area (Å²) < 4.78 is 33.5. The minimum Gasteiger partial charge on any atom is -0.333 e. The molecular formula is C16H9F2N5O. The second kappa shape index (κ2) is 5.65. The average Bonchev–Trinajstić information content (AvgIpc) is 3.25. The van der Waals surface area contributed by atoms with Crippen molar-refractivity contribution in [2.45, 2.75) is 0 Å². The SMILES string of the molecule is Fc1cccc(-n2cc(-c3noc(-c4ccccc4F)n3)nn2)c1. The number of hydrogen-bond donors (Lipinski definition) is 0. The van der Waals surface area contributed by atoms with E-state index in [1.165, 1.54) is 35.1 Å². The van der Waals surface area contributed by atoms with Gasteiger partial charge in [-0.25, -0.2) is 13.5 Å². The summed E-state index contributed by atoms with van der Waals surface area (Å²) in [6.45, 7) is 0. The highest BCUT2D eigenvalue weighted by Crippen LogP contribution is 2.23. The number of rotatable bonds is 3. The molecule has 4 rings (SSSR count). The fourth-order valence-electron chi connectivity index (χ4n) is 2.18. The molecule has 8 heteroatoms. The number of nitrogens with zero attached hydrogens (tertiary/aromatic N) is 5. The third-order valence-electron chi connectivity index (χ3n) is 3.33. The van der Waals surface area contributed by atoms with Crippen LogP contribution in [0.2, 0.25) is 0 Å². The Labute approximate surface area is 134 Å². The molecule has 0 atom stereocenters. The van der Waals surface area contributed by atoms with Crippen LogP contribution < -0.4 is 0 Å². The van der Waals surface area contributed by atoms with E-state index in [9.17, 15) is 8.78 Å². The normalized spacial score (nSPS) is 10.9. The summed E-state index contributed by atoms with van der Waals surface area (Å²) in [5, 5.41) is 11.6. The van der Waals surface area contributed by atoms with Gasteiger partial charge >= 0.3 is 0 Å². The first-order valence-electron chi connectivity index (χ1n) is 6.98. The van der Waals surface area contributed by atoms with Gasteiger partial charge in [-0.1, -0.05) is 28.6 Å². The second-order valence-corrected chi connectivity index (χ2v) is 4.93. The molecule has 0 aliphatic heterocycles. The maximum Gasteiger partial charge on any atom is 0.261 e. The lowest BCUT2D eigenvalue weighted by atomic mass is 10.2. The van der Waals surface area contributed by atoms with Crippen LogP contribution in [0.3, 0.4) is 0 Å². The van der Waals surface area contributed by atoms with Gasteiger partial charge in [0.2, 0.25) is 5.82 Å². The largest absolute Gasteiger partial charge is 0.333 e. The molecule has 0 spiro atoms. The molecule has 0 bridgehead atoms. The Bertz CT molecular complexity index is 1010. The quantitative estimate of drug-likeness (QED) is 0.578. The highest BCUT2D eigenvalue weighted by atomic mass is 19.1. The summed E-state index contributed by atoms with van der Waals surface area (Å²) in [5.74, 6) is -0.638. The molecule has 0 amide bonds. The number of aromatic nitrogens is 5. The van der Waals surface area contributed by atoms with E-state index in [0.29, 0.717) is 11.4 Å². The lowest BCUT2D eigenvalue weighted by molar-refractivity contribution is 0.429. The van der Waals surface area contributed by atoms with Crippen molar-refractivity contribution in [3.63, 3.8) is 0 Å². The topological polar surface area (TPSA) is 69.6 Å². The number of halogens is 2. The molecule has 2 aromatic carbocycles. The van der Waals surface area contributed by atoms with Gasteiger partial charge in [-0.3, -0.25) is 0 Å². The average molecular weight is 325 g/mol. The Kier molecular flexibility index (Phi) is 3.34. The number of benzene rings is 2. The van der Waals surface area contributed by atoms with Gasteiger partial charge in [0.05, 0.1) is 17.4 Å². The van der Waals surface area contributed by atoms with E-state index in [2.05, 4.69) is 20.5 Å². The monoisotopic (exact) mass is 325 g/mol. The zero-order chi connectivity index (χ0) is 16.5. The lowest BCUT2D eigenvalue weighted by Crippen LogP contribution is -1.94. The summed E-state index contributed by atoms with van der Waals surface area (Å²) in [5.41, 5.74) is 1.03. The van der Waals surface area contributed by atoms with E-state index in [1.807, 2.05) is 0 Å². The number of hydrogen-bond acceptors (Lipinski definition) is 5. The molecular weight excluding hydrogens is 316 g/mol. The van der Waals surface area contributed by atoms with Gasteiger partial charge < -0.3 is 4.52 Å². The maximum absolute atomic E-state index is 13.8. The van der Waals surface area contributed by atoms with E-state index in [-0.39, 0.29) is 23.1 Å². The van der Waals surface area contributed by atoms with Crippen molar-refractivity contribution in [2.75, 3.05) is 0 Å². The molecule has 6 nitrogen and oxygen atoms in total. The maximum atomic E-state index is 13.8. The predicted molar refractivity (Wildman–Crippen MR) is 80.0 cm³/mol. The Morgan fingerprint density at radius 2 is 1.88 bits per heavy atom. The molecule has 0 N–H and O–H groups in total. The molecule has 24 heavy (non-hydrogen) atoms. The van der Waals surface area contributed by atoms with Crippen LogP contribution in [-0.4, -0.2) is 25.1 Å². The second-order valence-electron chi connectivity index (χ2n) is 4.93. The molecule has 118 valence electrons. The first kappa shape index (κ1) is 14.2. The van der Waals surface area contributed by atoms with Gasteiger partial charge in [0.25, 0.3) is 5.89 Å². The van der Waals surface area contributed by atoms with Gasteiger partial charge in [-0.2, -0.15) is 4.98 Å². The predicted octanol–water partition coefficient (Wildman–Crippen LogP) is 3.26. The van der Waals surface area contributed by atoms with E-state index >= 15 is 0 Å². The summed E-state index contributed by atoms with van der Waals surface area (Å²) in [4.78, 5) is 4.13. The van der Waals surface area contributed by atoms with Gasteiger partial charge in [0, 0.05) is 0 Å². The summed E-state index contributed by atoms with van der Waals surface area (Å²) >= 11 is 0. The summed E-state index contributed by atoms with van der Waals surface area (Å²) in [6, 6.07) is 12.0. The van der Waals surface area contributed by atoms with Crippen molar-refractivity contribution in [1.82, 2.24) is 25.1 Å². The third kappa shape index (κ3) is 2.54. The van der Waals surface area contributed by atoms with Crippen molar-refractivity contribution in [3.05, 3.63) is 66.4 Å².